The van der Waals surface area contributed by atoms with Gasteiger partial charge in [0.1, 0.15) is 63.9 Å². The molecule has 540 valence electrons. The number of hydrogen-bond acceptors (Lipinski definition) is 20. The standard InChI is InChI=1S/C37H45N5O7S.C25H39N3O7.C12H8N2OS/c1-5-47-34(45)37-21-23(37)14-9-7-6-8-10-17-27(40-35(46)49-36(2,3)4)33(44)42-22-24(20-28(42)31(43)41-37)48-32-30(29-18-13-19-50-29)38-25-15-11-12-16-26(25)39-32;1-5-34-22(32)25-14-16(25)11-9-7-6-8-10-12-18(26-23(33)35-24(2,3)4)21(31)28-15-17(29)13-19(28)20(30)27-25;15-12-11(10-6-3-7-16-10)13-8-4-1-2-5-9(8)14-12/h9,11-16,18-19,23-24,27-28H,5-8,10,17,20-22H2,1-4H3,(H,40,46)(H,41,43);9,11,16-19,29H,5-8,10,12-15H2,1-4H3,(H,26,33)(H,27,30);1-7H,(H,14,15)/b14-9-;11-9-;/t23-,24-,27-,28+,37-;16-,17+,18-,19+,25-;/m11./s1. The Labute approximate surface area is 595 Å². The van der Waals surface area contributed by atoms with E-state index in [0.717, 1.165) is 59.3 Å². The van der Waals surface area contributed by atoms with Crippen LogP contribution in [0.15, 0.2) is 113 Å². The van der Waals surface area contributed by atoms with Crippen molar-refractivity contribution in [2.24, 2.45) is 11.8 Å². The molecular weight excluding hydrogens is 1330 g/mol. The Morgan fingerprint density at radius 1 is 0.594 bits per heavy atom. The highest BCUT2D eigenvalue weighted by atomic mass is 32.1. The number of rotatable bonds is 10. The Morgan fingerprint density at radius 3 is 1.57 bits per heavy atom. The molecule has 0 unspecified atom stereocenters. The molecule has 4 fully saturated rings. The summed E-state index contributed by atoms with van der Waals surface area (Å²) in [6, 6.07) is 18.9. The number of hydrogen-bond donors (Lipinski definition) is 6. The van der Waals surface area contributed by atoms with Crippen molar-refractivity contribution in [3.63, 3.8) is 0 Å². The zero-order chi connectivity index (χ0) is 72.2. The highest BCUT2D eigenvalue weighted by Gasteiger charge is 2.63. The summed E-state index contributed by atoms with van der Waals surface area (Å²) in [4.78, 5) is 140. The van der Waals surface area contributed by atoms with Crippen LogP contribution in [0.4, 0.5) is 9.59 Å². The van der Waals surface area contributed by atoms with E-state index in [9.17, 15) is 48.3 Å². The highest BCUT2D eigenvalue weighted by molar-refractivity contribution is 7.13. The first-order valence-corrected chi connectivity index (χ1v) is 36.6. The molecule has 6 amide bonds. The van der Waals surface area contributed by atoms with E-state index in [4.69, 9.17) is 33.7 Å². The van der Waals surface area contributed by atoms with Crippen molar-refractivity contribution in [1.82, 2.24) is 51.0 Å². The Kier molecular flexibility index (Phi) is 24.2. The molecule has 0 spiro atoms. The van der Waals surface area contributed by atoms with Crippen LogP contribution in [0.1, 0.15) is 145 Å². The lowest BCUT2D eigenvalue weighted by Crippen LogP contribution is -2.56. The van der Waals surface area contributed by atoms with Gasteiger partial charge in [-0.15, -0.1) is 22.7 Å². The lowest BCUT2D eigenvalue weighted by molar-refractivity contribution is -0.150. The van der Waals surface area contributed by atoms with Gasteiger partial charge in [-0.25, -0.2) is 34.1 Å². The number of ether oxygens (including phenoxy) is 5. The number of carbonyl (C=O) groups excluding carboxylic acids is 8. The lowest BCUT2D eigenvalue weighted by atomic mass is 10.0. The average molecular weight is 1430 g/mol. The van der Waals surface area contributed by atoms with E-state index >= 15 is 0 Å². The van der Waals surface area contributed by atoms with Crippen molar-refractivity contribution >= 4 is 92.5 Å². The highest BCUT2D eigenvalue weighted by Crippen LogP contribution is 2.48. The van der Waals surface area contributed by atoms with Crippen LogP contribution in [0.2, 0.25) is 0 Å². The zero-order valence-corrected chi connectivity index (χ0v) is 60.1. The molecule has 101 heavy (non-hydrogen) atoms. The van der Waals surface area contributed by atoms with E-state index in [-0.39, 0.29) is 56.5 Å². The number of esters is 2. The fourth-order valence-corrected chi connectivity index (χ4v) is 14.4. The minimum atomic E-state index is -1.21. The van der Waals surface area contributed by atoms with Crippen molar-refractivity contribution in [1.29, 1.82) is 0 Å². The first-order valence-electron chi connectivity index (χ1n) is 34.9. The molecule has 2 saturated carbocycles. The Hall–Kier alpha value is -9.08. The predicted octanol–water partition coefficient (Wildman–Crippen LogP) is 10.0. The number of benzene rings is 2. The van der Waals surface area contributed by atoms with Gasteiger partial charge in [-0.05, 0) is 154 Å². The third kappa shape index (κ3) is 18.9. The summed E-state index contributed by atoms with van der Waals surface area (Å²) in [6.45, 7) is 14.3. The van der Waals surface area contributed by atoms with Crippen LogP contribution in [0.3, 0.4) is 0 Å². The molecule has 2 saturated heterocycles. The van der Waals surface area contributed by atoms with Crippen LogP contribution in [0.5, 0.6) is 5.88 Å². The molecule has 4 aliphatic heterocycles. The van der Waals surface area contributed by atoms with Gasteiger partial charge in [0.2, 0.25) is 29.5 Å². The smallest absolute Gasteiger partial charge is 0.408 e. The lowest BCUT2D eigenvalue weighted by Gasteiger charge is -2.30. The average Bonchev–Trinajstić information content (AvgIpc) is 1.58. The number of alkyl carbamates (subject to hydrolysis) is 2. The van der Waals surface area contributed by atoms with Crippen LogP contribution in [-0.4, -0.2) is 168 Å². The number of allylic oxidation sites excluding steroid dienone is 2. The number of aromatic nitrogens is 4. The fraction of sp³-hybridized carbons (Fsp3) is 0.514. The van der Waals surface area contributed by atoms with Crippen molar-refractivity contribution in [2.45, 2.75) is 204 Å². The summed E-state index contributed by atoms with van der Waals surface area (Å²) >= 11 is 3.02. The molecule has 2 aliphatic carbocycles. The summed E-state index contributed by atoms with van der Waals surface area (Å²) in [6.07, 6.45) is 13.3. The molecule has 10 atom stereocenters. The fourth-order valence-electron chi connectivity index (χ4n) is 13.0. The Balaban J connectivity index is 0.000000185. The molecule has 0 radical (unpaired) electrons. The number of H-pyrrole nitrogens is 1. The van der Waals surface area contributed by atoms with Crippen molar-refractivity contribution in [3.05, 3.63) is 118 Å². The second-order valence-corrected chi connectivity index (χ2v) is 30.0. The first kappa shape index (κ1) is 74.6. The largest absolute Gasteiger partial charge is 0.471 e. The third-order valence-electron chi connectivity index (χ3n) is 18.1. The van der Waals surface area contributed by atoms with Crippen molar-refractivity contribution < 1.29 is 67.1 Å². The summed E-state index contributed by atoms with van der Waals surface area (Å²) in [7, 11) is 0. The van der Waals surface area contributed by atoms with Gasteiger partial charge in [0.05, 0.1) is 57.7 Å². The molecule has 12 rings (SSSR count). The number of amides is 6. The van der Waals surface area contributed by atoms with E-state index < -0.39 is 106 Å². The molecule has 6 N–H and O–H groups in total. The molecule has 27 heteroatoms. The number of nitrogens with zero attached hydrogens (tertiary/aromatic N) is 5. The van der Waals surface area contributed by atoms with Crippen molar-refractivity contribution in [3.8, 4) is 27.0 Å². The van der Waals surface area contributed by atoms with E-state index in [1.54, 1.807) is 55.4 Å². The summed E-state index contributed by atoms with van der Waals surface area (Å²) in [5, 5.41) is 25.5. The number of aromatic amines is 1. The zero-order valence-electron chi connectivity index (χ0n) is 58.5. The van der Waals surface area contributed by atoms with Gasteiger partial charge in [0.15, 0.2) is 0 Å². The topological polar surface area (TPSA) is 329 Å². The van der Waals surface area contributed by atoms with E-state index in [1.165, 1.54) is 32.5 Å². The molecule has 8 heterocycles. The number of nitrogens with one attached hydrogen (secondary N) is 5. The molecular formula is C74H92N10O15S2. The molecule has 6 aromatic rings. The molecule has 0 bridgehead atoms. The quantitative estimate of drug-likeness (QED) is 0.0422. The minimum absolute atomic E-state index is 0.0286. The van der Waals surface area contributed by atoms with Crippen LogP contribution in [0, 0.1) is 11.8 Å². The summed E-state index contributed by atoms with van der Waals surface area (Å²) in [5.74, 6) is -2.93. The molecule has 4 aromatic heterocycles. The minimum Gasteiger partial charge on any atom is -0.471 e. The van der Waals surface area contributed by atoms with Crippen molar-refractivity contribution in [2.75, 3.05) is 26.3 Å². The van der Waals surface area contributed by atoms with Gasteiger partial charge in [0, 0.05) is 31.2 Å². The number of aliphatic hydroxyl groups is 1. The predicted molar refractivity (Wildman–Crippen MR) is 381 cm³/mol. The molecule has 6 aliphatic rings. The van der Waals surface area contributed by atoms with E-state index in [2.05, 4.69) is 31.2 Å². The molecule has 2 aromatic carbocycles. The van der Waals surface area contributed by atoms with E-state index in [0.29, 0.717) is 66.8 Å². The van der Waals surface area contributed by atoms with Gasteiger partial charge in [-0.1, -0.05) is 86.4 Å². The number of aliphatic hydroxyl groups excluding tert-OH is 1. The normalized spacial score (nSPS) is 26.1. The summed E-state index contributed by atoms with van der Waals surface area (Å²) < 4.78 is 28.1. The number of para-hydroxylation sites is 4. The van der Waals surface area contributed by atoms with Crippen LogP contribution in [0.25, 0.3) is 43.2 Å². The maximum Gasteiger partial charge on any atom is 0.408 e. The number of thiophene rings is 2. The Morgan fingerprint density at radius 2 is 1.07 bits per heavy atom. The van der Waals surface area contributed by atoms with Gasteiger partial charge in [-0.2, -0.15) is 0 Å². The van der Waals surface area contributed by atoms with E-state index in [1.807, 2.05) is 108 Å². The maximum atomic E-state index is 14.4. The Bertz CT molecular complexity index is 4080. The van der Waals surface area contributed by atoms with Crippen LogP contribution < -0.4 is 31.6 Å². The van der Waals surface area contributed by atoms with Crippen LogP contribution >= 0.6 is 22.7 Å². The number of carbonyl (C=O) groups is 8. The summed E-state index contributed by atoms with van der Waals surface area (Å²) in [5.41, 5.74) is 0.0128. The molecule has 25 nitrogen and oxygen atoms in total. The maximum absolute atomic E-state index is 14.4. The van der Waals surface area contributed by atoms with Gasteiger partial charge >= 0.3 is 24.1 Å². The first-order chi connectivity index (χ1) is 48.3. The second-order valence-electron chi connectivity index (χ2n) is 28.1. The van der Waals surface area contributed by atoms with Gasteiger partial charge < -0.3 is 64.8 Å². The van der Waals surface area contributed by atoms with Gasteiger partial charge in [0.25, 0.3) is 5.56 Å². The van der Waals surface area contributed by atoms with Crippen LogP contribution in [-0.2, 0) is 47.7 Å². The SMILES string of the molecule is CCOC(=O)[C@@]12C[C@H]1/C=C\CCCCC[C@@H](NC(=O)OC(C)(C)C)C(=O)N1C[C@@H](O)C[C@H]1C(=O)N2.CCOC(=O)[C@@]12C[C@H]1/C=C\CCCCC[C@@H](NC(=O)OC(C)(C)C)C(=O)N1C[C@H](Oc3nc4ccccc4nc3-c3cccs3)C[C@H]1C(=O)N2.O=c1[nH]c2ccccc2nc1-c1cccs1. The third-order valence-corrected chi connectivity index (χ3v) is 19.8. The monoisotopic (exact) mass is 1420 g/mol. The van der Waals surface area contributed by atoms with Gasteiger partial charge in [-0.3, -0.25) is 24.0 Å². The second kappa shape index (κ2) is 32.7. The number of fused-ring (bicyclic) bond motifs is 6.